The van der Waals surface area contributed by atoms with E-state index in [0.717, 1.165) is 53.9 Å². The number of thiophene rings is 1. The molecule has 0 bridgehead atoms. The molecule has 31 heavy (non-hydrogen) atoms. The predicted octanol–water partition coefficient (Wildman–Crippen LogP) is 5.12. The Balaban J connectivity index is 1.44. The van der Waals surface area contributed by atoms with E-state index in [4.69, 9.17) is 9.40 Å². The molecule has 8 heteroatoms. The van der Waals surface area contributed by atoms with Crippen molar-refractivity contribution in [3.8, 4) is 5.69 Å². The Labute approximate surface area is 187 Å². The molecule has 3 aromatic heterocycles. The highest BCUT2D eigenvalue weighted by Crippen LogP contribution is 2.40. The van der Waals surface area contributed by atoms with Crippen LogP contribution < -0.4 is 5.56 Å². The third kappa shape index (κ3) is 3.51. The molecule has 1 unspecified atom stereocenters. The summed E-state index contributed by atoms with van der Waals surface area (Å²) in [5.74, 6) is 2.90. The fraction of sp³-hybridized carbons (Fsp3) is 0.391. The Morgan fingerprint density at radius 2 is 2.03 bits per heavy atom. The van der Waals surface area contributed by atoms with Gasteiger partial charge in [0.15, 0.2) is 5.16 Å². The molecule has 6 rings (SSSR count). The Kier molecular flexibility index (Phi) is 4.72. The first-order chi connectivity index (χ1) is 15.2. The lowest BCUT2D eigenvalue weighted by molar-refractivity contribution is 0.466. The van der Waals surface area contributed by atoms with E-state index >= 15 is 0 Å². The van der Waals surface area contributed by atoms with Gasteiger partial charge in [-0.1, -0.05) is 36.9 Å². The zero-order valence-corrected chi connectivity index (χ0v) is 18.8. The van der Waals surface area contributed by atoms with Crippen molar-refractivity contribution in [2.45, 2.75) is 55.9 Å². The van der Waals surface area contributed by atoms with Crippen LogP contribution in [0.2, 0.25) is 0 Å². The molecule has 0 N–H and O–H groups in total. The van der Waals surface area contributed by atoms with Gasteiger partial charge in [-0.3, -0.25) is 9.36 Å². The summed E-state index contributed by atoms with van der Waals surface area (Å²) in [6.07, 6.45) is 5.38. The van der Waals surface area contributed by atoms with Gasteiger partial charge in [-0.05, 0) is 55.7 Å². The number of fused-ring (bicyclic) bond motifs is 3. The average Bonchev–Trinajstić information content (AvgIpc) is 3.40. The van der Waals surface area contributed by atoms with Crippen molar-refractivity contribution in [3.63, 3.8) is 0 Å². The molecule has 6 nitrogen and oxygen atoms in total. The van der Waals surface area contributed by atoms with E-state index in [1.165, 1.54) is 22.2 Å². The second kappa shape index (κ2) is 7.60. The van der Waals surface area contributed by atoms with E-state index in [9.17, 15) is 4.79 Å². The van der Waals surface area contributed by atoms with Gasteiger partial charge in [-0.25, -0.2) is 4.98 Å². The van der Waals surface area contributed by atoms with Crippen molar-refractivity contribution in [2.24, 2.45) is 5.92 Å². The van der Waals surface area contributed by atoms with E-state index in [2.05, 4.69) is 17.1 Å². The highest BCUT2D eigenvalue weighted by molar-refractivity contribution is 7.98. The van der Waals surface area contributed by atoms with Crippen LogP contribution in [-0.4, -0.2) is 19.7 Å². The third-order valence-electron chi connectivity index (χ3n) is 6.05. The van der Waals surface area contributed by atoms with Crippen molar-refractivity contribution in [3.05, 3.63) is 62.9 Å². The standard InChI is InChI=1S/C23H22N4O2S2/c1-13-7-10-16-17(11-13)31-21-19(16)22(28)27(15-5-3-2-4-6-15)23(24-21)30-12-18-25-26-20(29-18)14-8-9-14/h2-6,13-14H,7-12H2,1H3. The first kappa shape index (κ1) is 19.3. The molecule has 3 heterocycles. The minimum absolute atomic E-state index is 0.0231. The van der Waals surface area contributed by atoms with Gasteiger partial charge >= 0.3 is 0 Å². The fourth-order valence-electron chi connectivity index (χ4n) is 4.22. The quantitative estimate of drug-likeness (QED) is 0.310. The normalized spacial score (nSPS) is 18.4. The van der Waals surface area contributed by atoms with Crippen LogP contribution >= 0.6 is 23.1 Å². The molecule has 158 valence electrons. The number of benzene rings is 1. The summed E-state index contributed by atoms with van der Waals surface area (Å²) in [5.41, 5.74) is 2.07. The van der Waals surface area contributed by atoms with Crippen LogP contribution in [0.15, 0.2) is 44.7 Å². The minimum Gasteiger partial charge on any atom is -0.424 e. The van der Waals surface area contributed by atoms with Gasteiger partial charge in [0.05, 0.1) is 16.8 Å². The van der Waals surface area contributed by atoms with Gasteiger partial charge in [0.25, 0.3) is 5.56 Å². The van der Waals surface area contributed by atoms with Gasteiger partial charge in [0, 0.05) is 10.8 Å². The number of nitrogens with zero attached hydrogens (tertiary/aromatic N) is 4. The zero-order valence-electron chi connectivity index (χ0n) is 17.2. The first-order valence-corrected chi connectivity index (χ1v) is 12.6. The molecule has 1 saturated carbocycles. The predicted molar refractivity (Wildman–Crippen MR) is 122 cm³/mol. The molecular weight excluding hydrogens is 428 g/mol. The van der Waals surface area contributed by atoms with Crippen molar-refractivity contribution >= 4 is 33.3 Å². The topological polar surface area (TPSA) is 73.8 Å². The van der Waals surface area contributed by atoms with Crippen molar-refractivity contribution in [2.75, 3.05) is 0 Å². The Morgan fingerprint density at radius 1 is 1.19 bits per heavy atom. The molecule has 1 fully saturated rings. The molecule has 1 aromatic carbocycles. The second-order valence-electron chi connectivity index (χ2n) is 8.50. The SMILES string of the molecule is CC1CCc2c(sc3nc(SCc4nnc(C5CC5)o4)n(-c4ccccc4)c(=O)c23)C1. The highest BCUT2D eigenvalue weighted by Gasteiger charge is 2.29. The number of rotatable bonds is 5. The summed E-state index contributed by atoms with van der Waals surface area (Å²) in [6.45, 7) is 2.28. The summed E-state index contributed by atoms with van der Waals surface area (Å²) in [5, 5.41) is 9.83. The maximum atomic E-state index is 13.7. The monoisotopic (exact) mass is 450 g/mol. The number of para-hydroxylation sites is 1. The molecule has 0 amide bonds. The van der Waals surface area contributed by atoms with E-state index in [0.29, 0.717) is 28.6 Å². The first-order valence-electron chi connectivity index (χ1n) is 10.7. The number of aromatic nitrogens is 4. The lowest BCUT2D eigenvalue weighted by atomic mass is 9.89. The summed E-state index contributed by atoms with van der Waals surface area (Å²) >= 11 is 3.16. The van der Waals surface area contributed by atoms with Crippen LogP contribution in [0.5, 0.6) is 0 Å². The van der Waals surface area contributed by atoms with E-state index < -0.39 is 0 Å². The van der Waals surface area contributed by atoms with Crippen LogP contribution in [0.25, 0.3) is 15.9 Å². The van der Waals surface area contributed by atoms with Gasteiger partial charge in [0.2, 0.25) is 11.8 Å². The van der Waals surface area contributed by atoms with Crippen LogP contribution in [0.3, 0.4) is 0 Å². The van der Waals surface area contributed by atoms with Crippen LogP contribution in [0.1, 0.15) is 54.3 Å². The molecular formula is C23H22N4O2S2. The molecule has 0 radical (unpaired) electrons. The summed E-state index contributed by atoms with van der Waals surface area (Å²) in [6, 6.07) is 9.77. The van der Waals surface area contributed by atoms with Crippen LogP contribution in [0.4, 0.5) is 0 Å². The zero-order chi connectivity index (χ0) is 20.9. The van der Waals surface area contributed by atoms with Gasteiger partial charge < -0.3 is 4.42 Å². The molecule has 2 aliphatic rings. The van der Waals surface area contributed by atoms with Crippen molar-refractivity contribution in [1.29, 1.82) is 0 Å². The molecule has 0 saturated heterocycles. The van der Waals surface area contributed by atoms with Gasteiger partial charge in [-0.2, -0.15) is 0 Å². The van der Waals surface area contributed by atoms with Gasteiger partial charge in [-0.15, -0.1) is 21.5 Å². The lowest BCUT2D eigenvalue weighted by Gasteiger charge is -2.17. The smallest absolute Gasteiger partial charge is 0.267 e. The Hall–Kier alpha value is -2.45. The maximum absolute atomic E-state index is 13.7. The van der Waals surface area contributed by atoms with E-state index in [1.54, 1.807) is 15.9 Å². The van der Waals surface area contributed by atoms with Gasteiger partial charge in [0.1, 0.15) is 4.83 Å². The summed E-state index contributed by atoms with van der Waals surface area (Å²) < 4.78 is 7.56. The van der Waals surface area contributed by atoms with E-state index in [-0.39, 0.29) is 5.56 Å². The fourth-order valence-corrected chi connectivity index (χ4v) is 6.49. The number of hydrogen-bond acceptors (Lipinski definition) is 7. The average molecular weight is 451 g/mol. The summed E-state index contributed by atoms with van der Waals surface area (Å²) in [4.78, 5) is 20.9. The van der Waals surface area contributed by atoms with E-state index in [1.807, 2.05) is 30.3 Å². The number of thioether (sulfide) groups is 1. The largest absolute Gasteiger partial charge is 0.424 e. The second-order valence-corrected chi connectivity index (χ2v) is 10.5. The molecule has 2 aliphatic carbocycles. The maximum Gasteiger partial charge on any atom is 0.267 e. The summed E-state index contributed by atoms with van der Waals surface area (Å²) in [7, 11) is 0. The minimum atomic E-state index is 0.0231. The lowest BCUT2D eigenvalue weighted by Crippen LogP contribution is -2.22. The molecule has 0 spiro atoms. The molecule has 1 atom stereocenters. The number of aryl methyl sites for hydroxylation is 1. The third-order valence-corrected chi connectivity index (χ3v) is 8.12. The van der Waals surface area contributed by atoms with Crippen molar-refractivity contribution < 1.29 is 4.42 Å². The molecule has 4 aromatic rings. The number of hydrogen-bond donors (Lipinski definition) is 0. The molecule has 0 aliphatic heterocycles. The Morgan fingerprint density at radius 3 is 2.84 bits per heavy atom. The Bertz CT molecular complexity index is 1320. The highest BCUT2D eigenvalue weighted by atomic mass is 32.2. The van der Waals surface area contributed by atoms with Crippen LogP contribution in [0, 0.1) is 5.92 Å². The van der Waals surface area contributed by atoms with Crippen molar-refractivity contribution in [1.82, 2.24) is 19.7 Å². The van der Waals surface area contributed by atoms with Crippen LogP contribution in [-0.2, 0) is 18.6 Å².